The van der Waals surface area contributed by atoms with Gasteiger partial charge in [-0.05, 0) is 43.3 Å². The van der Waals surface area contributed by atoms with E-state index in [1.54, 1.807) is 24.3 Å². The molecule has 0 aliphatic heterocycles. The quantitative estimate of drug-likeness (QED) is 0.876. The van der Waals surface area contributed by atoms with Gasteiger partial charge in [-0.15, -0.1) is 0 Å². The molecule has 0 atom stereocenters. The Kier molecular flexibility index (Phi) is 3.10. The van der Waals surface area contributed by atoms with E-state index in [-0.39, 0.29) is 0 Å². The Labute approximate surface area is 99.8 Å². The average molecular weight is 227 g/mol. The van der Waals surface area contributed by atoms with Crippen LogP contribution in [0.3, 0.4) is 0 Å². The third-order valence-electron chi connectivity index (χ3n) is 2.40. The molecule has 1 amide bonds. The van der Waals surface area contributed by atoms with Crippen LogP contribution in [0, 0.1) is 6.92 Å². The third kappa shape index (κ3) is 2.84. The van der Waals surface area contributed by atoms with Crippen molar-refractivity contribution >= 4 is 5.91 Å². The van der Waals surface area contributed by atoms with Crippen LogP contribution in [-0.4, -0.2) is 5.91 Å². The molecule has 0 spiro atoms. The minimum atomic E-state index is -0.438. The largest absolute Gasteiger partial charge is 0.457 e. The fraction of sp³-hybridized carbons (Fsp3) is 0.0714. The van der Waals surface area contributed by atoms with Gasteiger partial charge in [0.1, 0.15) is 11.5 Å². The van der Waals surface area contributed by atoms with E-state index in [4.69, 9.17) is 10.5 Å². The van der Waals surface area contributed by atoms with Gasteiger partial charge in [-0.25, -0.2) is 0 Å². The zero-order chi connectivity index (χ0) is 12.3. The van der Waals surface area contributed by atoms with Crippen LogP contribution in [0.5, 0.6) is 11.5 Å². The number of benzene rings is 2. The van der Waals surface area contributed by atoms with Gasteiger partial charge in [0.25, 0.3) is 0 Å². The number of nitrogens with two attached hydrogens (primary N) is 1. The molecule has 17 heavy (non-hydrogen) atoms. The number of amides is 1. The van der Waals surface area contributed by atoms with E-state index in [9.17, 15) is 4.79 Å². The summed E-state index contributed by atoms with van der Waals surface area (Å²) in [5.74, 6) is 1.01. The van der Waals surface area contributed by atoms with Crippen LogP contribution < -0.4 is 10.5 Å². The van der Waals surface area contributed by atoms with E-state index >= 15 is 0 Å². The van der Waals surface area contributed by atoms with Crippen molar-refractivity contribution in [3.63, 3.8) is 0 Å². The summed E-state index contributed by atoms with van der Waals surface area (Å²) in [5.41, 5.74) is 6.81. The lowest BCUT2D eigenvalue weighted by molar-refractivity contribution is 0.100. The summed E-state index contributed by atoms with van der Waals surface area (Å²) in [7, 11) is 0. The molecule has 0 unspecified atom stereocenters. The van der Waals surface area contributed by atoms with E-state index in [2.05, 4.69) is 0 Å². The fourth-order valence-corrected chi connectivity index (χ4v) is 1.43. The third-order valence-corrected chi connectivity index (χ3v) is 2.40. The van der Waals surface area contributed by atoms with Crippen LogP contribution in [0.4, 0.5) is 0 Å². The second-order valence-electron chi connectivity index (χ2n) is 3.80. The predicted molar refractivity (Wildman–Crippen MR) is 66.2 cm³/mol. The molecule has 0 aromatic heterocycles. The van der Waals surface area contributed by atoms with Crippen molar-refractivity contribution in [2.75, 3.05) is 0 Å². The molecule has 2 rings (SSSR count). The van der Waals surface area contributed by atoms with Crippen LogP contribution in [-0.2, 0) is 0 Å². The van der Waals surface area contributed by atoms with Gasteiger partial charge in [-0.1, -0.05) is 17.7 Å². The summed E-state index contributed by atoms with van der Waals surface area (Å²) in [4.78, 5) is 10.9. The lowest BCUT2D eigenvalue weighted by Crippen LogP contribution is -2.10. The summed E-state index contributed by atoms with van der Waals surface area (Å²) in [6.07, 6.45) is 0. The van der Waals surface area contributed by atoms with E-state index in [1.165, 1.54) is 5.56 Å². The van der Waals surface area contributed by atoms with Crippen molar-refractivity contribution in [1.82, 2.24) is 0 Å². The number of ether oxygens (including phenoxy) is 1. The SMILES string of the molecule is Cc1ccc(Oc2ccc(C(N)=O)cc2)cc1. The van der Waals surface area contributed by atoms with E-state index < -0.39 is 5.91 Å². The first-order valence-corrected chi connectivity index (χ1v) is 5.29. The van der Waals surface area contributed by atoms with Crippen LogP contribution in [0.2, 0.25) is 0 Å². The second kappa shape index (κ2) is 4.70. The van der Waals surface area contributed by atoms with E-state index in [0.29, 0.717) is 11.3 Å². The molecule has 0 heterocycles. The number of rotatable bonds is 3. The Morgan fingerprint density at radius 2 is 1.41 bits per heavy atom. The van der Waals surface area contributed by atoms with Crippen molar-refractivity contribution in [1.29, 1.82) is 0 Å². The molecule has 3 nitrogen and oxygen atoms in total. The van der Waals surface area contributed by atoms with Crippen molar-refractivity contribution in [2.24, 2.45) is 5.73 Å². The Balaban J connectivity index is 2.13. The molecule has 3 heteroatoms. The maximum atomic E-state index is 10.9. The zero-order valence-corrected chi connectivity index (χ0v) is 9.51. The van der Waals surface area contributed by atoms with Gasteiger partial charge < -0.3 is 10.5 Å². The highest BCUT2D eigenvalue weighted by Gasteiger charge is 2.01. The zero-order valence-electron chi connectivity index (χ0n) is 9.51. The van der Waals surface area contributed by atoms with Crippen molar-refractivity contribution in [3.8, 4) is 11.5 Å². The maximum Gasteiger partial charge on any atom is 0.248 e. The molecule has 0 fully saturated rings. The molecular weight excluding hydrogens is 214 g/mol. The standard InChI is InChI=1S/C14H13NO2/c1-10-2-6-12(7-3-10)17-13-8-4-11(5-9-13)14(15)16/h2-9H,1H3,(H2,15,16). The molecule has 0 bridgehead atoms. The number of carbonyl (C=O) groups is 1. The van der Waals surface area contributed by atoms with Crippen LogP contribution in [0.15, 0.2) is 48.5 Å². The lowest BCUT2D eigenvalue weighted by atomic mass is 10.2. The van der Waals surface area contributed by atoms with Gasteiger partial charge in [0.15, 0.2) is 0 Å². The van der Waals surface area contributed by atoms with Gasteiger partial charge in [0.05, 0.1) is 0 Å². The fourth-order valence-electron chi connectivity index (χ4n) is 1.43. The minimum absolute atomic E-state index is 0.438. The minimum Gasteiger partial charge on any atom is -0.457 e. The Morgan fingerprint density at radius 3 is 1.88 bits per heavy atom. The number of aryl methyl sites for hydroxylation is 1. The topological polar surface area (TPSA) is 52.3 Å². The van der Waals surface area contributed by atoms with E-state index in [1.807, 2.05) is 31.2 Å². The summed E-state index contributed by atoms with van der Waals surface area (Å²) in [6, 6.07) is 14.5. The first kappa shape index (κ1) is 11.2. The molecule has 0 aliphatic rings. The Bertz CT molecular complexity index is 515. The highest BCUT2D eigenvalue weighted by molar-refractivity contribution is 5.92. The molecule has 2 N–H and O–H groups in total. The average Bonchev–Trinajstić information content (AvgIpc) is 2.33. The maximum absolute atomic E-state index is 10.9. The molecule has 0 saturated heterocycles. The smallest absolute Gasteiger partial charge is 0.248 e. The number of hydrogen-bond acceptors (Lipinski definition) is 2. The summed E-state index contributed by atoms with van der Waals surface area (Å²) < 4.78 is 5.62. The van der Waals surface area contributed by atoms with Crippen molar-refractivity contribution in [3.05, 3.63) is 59.7 Å². The second-order valence-corrected chi connectivity index (χ2v) is 3.80. The normalized spacial score (nSPS) is 9.94. The Hall–Kier alpha value is -2.29. The first-order valence-electron chi connectivity index (χ1n) is 5.29. The van der Waals surface area contributed by atoms with Gasteiger partial charge in [0.2, 0.25) is 5.91 Å². The summed E-state index contributed by atoms with van der Waals surface area (Å²) in [6.45, 7) is 2.02. The number of hydrogen-bond donors (Lipinski definition) is 1. The van der Waals surface area contributed by atoms with Crippen LogP contribution in [0.25, 0.3) is 0 Å². The first-order chi connectivity index (χ1) is 8.15. The molecule has 0 aliphatic carbocycles. The monoisotopic (exact) mass is 227 g/mol. The Morgan fingerprint density at radius 1 is 0.941 bits per heavy atom. The highest BCUT2D eigenvalue weighted by Crippen LogP contribution is 2.21. The molecular formula is C14H13NO2. The van der Waals surface area contributed by atoms with Gasteiger partial charge in [-0.2, -0.15) is 0 Å². The van der Waals surface area contributed by atoms with Gasteiger partial charge in [0, 0.05) is 5.56 Å². The van der Waals surface area contributed by atoms with Crippen LogP contribution >= 0.6 is 0 Å². The van der Waals surface area contributed by atoms with Gasteiger partial charge in [-0.3, -0.25) is 4.79 Å². The summed E-state index contributed by atoms with van der Waals surface area (Å²) in [5, 5.41) is 0. The molecule has 2 aromatic rings. The van der Waals surface area contributed by atoms with E-state index in [0.717, 1.165) is 5.75 Å². The molecule has 0 radical (unpaired) electrons. The van der Waals surface area contributed by atoms with Crippen molar-refractivity contribution in [2.45, 2.75) is 6.92 Å². The number of carbonyl (C=O) groups excluding carboxylic acids is 1. The molecule has 0 saturated carbocycles. The lowest BCUT2D eigenvalue weighted by Gasteiger charge is -2.06. The highest BCUT2D eigenvalue weighted by atomic mass is 16.5. The molecule has 2 aromatic carbocycles. The van der Waals surface area contributed by atoms with Crippen molar-refractivity contribution < 1.29 is 9.53 Å². The van der Waals surface area contributed by atoms with Gasteiger partial charge >= 0.3 is 0 Å². The number of primary amides is 1. The summed E-state index contributed by atoms with van der Waals surface area (Å²) >= 11 is 0. The van der Waals surface area contributed by atoms with Crippen LogP contribution in [0.1, 0.15) is 15.9 Å². The molecule has 86 valence electrons. The predicted octanol–water partition coefficient (Wildman–Crippen LogP) is 2.89.